The van der Waals surface area contributed by atoms with Gasteiger partial charge in [-0.05, 0) is 78.5 Å². The van der Waals surface area contributed by atoms with Crippen molar-refractivity contribution >= 4 is 30.3 Å². The average Bonchev–Trinajstić information content (AvgIpc) is 2.93. The van der Waals surface area contributed by atoms with Gasteiger partial charge >= 0.3 is 16.8 Å². The van der Waals surface area contributed by atoms with Gasteiger partial charge < -0.3 is 39.9 Å². The van der Waals surface area contributed by atoms with Crippen molar-refractivity contribution in [1.29, 1.82) is 0 Å². The van der Waals surface area contributed by atoms with Crippen molar-refractivity contribution in [2.24, 2.45) is 9.98 Å². The molecule has 0 bridgehead atoms. The number of nitrogens with zero attached hydrogens (tertiary/aromatic N) is 2. The molecule has 0 unspecified atom stereocenters. The third-order valence-corrected chi connectivity index (χ3v) is 8.13. The Balaban J connectivity index is 0. The molecule has 3 rings (SSSR count). The first-order valence-electron chi connectivity index (χ1n) is 17.7. The van der Waals surface area contributed by atoms with Gasteiger partial charge in [-0.2, -0.15) is 0 Å². The number of rotatable bonds is 4. The maximum atomic E-state index is 11.2. The number of aliphatic carboxylic acids is 3. The first kappa shape index (κ1) is 51.4. The summed E-state index contributed by atoms with van der Waals surface area (Å²) in [6, 6.07) is 8.53. The number of carbonyl (C=O) groups is 3. The maximum Gasteiger partial charge on any atom is 3.00 e. The molecule has 0 radical (unpaired) electrons. The normalized spacial score (nSPS) is 16.2. The Morgan fingerprint density at radius 2 is 0.811 bits per heavy atom. The van der Waals surface area contributed by atoms with E-state index in [1.807, 2.05) is 12.4 Å². The Bertz CT molecular complexity index is 1430. The summed E-state index contributed by atoms with van der Waals surface area (Å²) in [5.41, 5.74) is 5.39. The SMILES string of the molecule is CC(=O)[O-].CC(=O)[O-].CC(=O)[O-].CC(C)(C)c1cc(C=N[C@H]2CCCC[C@@H]2N=Cc2cc(C(C)(C)C)cc(C(C)(C)C)c2O)c(O)c(C(C)(C)C)c1.[Co+3]. The van der Waals surface area contributed by atoms with Crippen LogP contribution in [0.25, 0.3) is 0 Å². The minimum atomic E-state index is -1.08. The zero-order valence-electron chi connectivity index (χ0n) is 34.5. The zero-order chi connectivity index (χ0) is 41.0. The molecule has 2 aromatic rings. The molecule has 0 spiro atoms. The van der Waals surface area contributed by atoms with Gasteiger partial charge in [-0.1, -0.05) is 108 Å². The van der Waals surface area contributed by atoms with Crippen molar-refractivity contribution < 1.29 is 56.7 Å². The van der Waals surface area contributed by atoms with Crippen LogP contribution in [-0.4, -0.2) is 52.6 Å². The van der Waals surface area contributed by atoms with Gasteiger partial charge in [0.25, 0.3) is 0 Å². The number of hydrogen-bond donors (Lipinski definition) is 2. The molecule has 2 atom stereocenters. The number of phenols is 2. The fourth-order valence-corrected chi connectivity index (χ4v) is 5.31. The maximum absolute atomic E-state index is 11.2. The number of carboxylic acids is 3. The molecular formula is C42H63CoN2O8. The van der Waals surface area contributed by atoms with E-state index in [1.54, 1.807) is 0 Å². The Hall–Kier alpha value is -3.70. The van der Waals surface area contributed by atoms with Gasteiger partial charge in [0.05, 0.1) is 12.1 Å². The molecule has 1 saturated carbocycles. The average molecular weight is 783 g/mol. The van der Waals surface area contributed by atoms with Crippen molar-refractivity contribution in [3.05, 3.63) is 57.6 Å². The van der Waals surface area contributed by atoms with Crippen LogP contribution in [-0.2, 0) is 52.8 Å². The van der Waals surface area contributed by atoms with Gasteiger partial charge in [0.15, 0.2) is 0 Å². The van der Waals surface area contributed by atoms with E-state index in [0.29, 0.717) is 11.5 Å². The van der Waals surface area contributed by atoms with E-state index >= 15 is 0 Å². The minimum Gasteiger partial charge on any atom is -0.550 e. The molecule has 0 amide bonds. The van der Waals surface area contributed by atoms with Crippen LogP contribution in [0.15, 0.2) is 34.3 Å². The summed E-state index contributed by atoms with van der Waals surface area (Å²) in [6.45, 7) is 28.9. The number of aromatic hydroxyl groups is 2. The topological polar surface area (TPSA) is 186 Å². The molecule has 53 heavy (non-hydrogen) atoms. The second-order valence-electron chi connectivity index (χ2n) is 17.4. The smallest absolute Gasteiger partial charge is 0.550 e. The molecule has 10 nitrogen and oxygen atoms in total. The summed E-state index contributed by atoms with van der Waals surface area (Å²) in [5.74, 6) is -2.61. The Morgan fingerprint density at radius 3 is 1.02 bits per heavy atom. The van der Waals surface area contributed by atoms with Gasteiger partial charge in [-0.25, -0.2) is 0 Å². The van der Waals surface area contributed by atoms with Crippen LogP contribution in [0.4, 0.5) is 0 Å². The predicted molar refractivity (Wildman–Crippen MR) is 204 cm³/mol. The molecular weight excluding hydrogens is 719 g/mol. The molecule has 2 N–H and O–H groups in total. The summed E-state index contributed by atoms with van der Waals surface area (Å²) in [6.07, 6.45) is 7.90. The summed E-state index contributed by atoms with van der Waals surface area (Å²) in [7, 11) is 0. The van der Waals surface area contributed by atoms with Gasteiger partial charge in [-0.15, -0.1) is 0 Å². The van der Waals surface area contributed by atoms with Crippen LogP contribution in [0, 0.1) is 0 Å². The molecule has 0 aliphatic heterocycles. The van der Waals surface area contributed by atoms with E-state index in [-0.39, 0.29) is 50.5 Å². The summed E-state index contributed by atoms with van der Waals surface area (Å²) >= 11 is 0. The number of benzene rings is 2. The third-order valence-electron chi connectivity index (χ3n) is 8.13. The summed E-state index contributed by atoms with van der Waals surface area (Å²) in [4.78, 5) is 36.7. The first-order valence-corrected chi connectivity index (χ1v) is 17.7. The first-order chi connectivity index (χ1) is 23.4. The van der Waals surface area contributed by atoms with Gasteiger partial charge in [0, 0.05) is 52.6 Å². The number of carbonyl (C=O) groups excluding carboxylic acids is 3. The third kappa shape index (κ3) is 19.3. The van der Waals surface area contributed by atoms with Crippen molar-refractivity contribution in [3.8, 4) is 11.5 Å². The summed E-state index contributed by atoms with van der Waals surface area (Å²) in [5, 5.41) is 49.1. The van der Waals surface area contributed by atoms with E-state index in [1.165, 1.54) is 11.1 Å². The van der Waals surface area contributed by atoms with Crippen LogP contribution < -0.4 is 15.3 Å². The Labute approximate surface area is 328 Å². The number of aliphatic imine (C=N–C) groups is 2. The Morgan fingerprint density at radius 1 is 0.566 bits per heavy atom. The second kappa shape index (κ2) is 21.3. The molecule has 11 heteroatoms. The van der Waals surface area contributed by atoms with E-state index in [9.17, 15) is 10.2 Å². The molecule has 1 aliphatic carbocycles. The van der Waals surface area contributed by atoms with Crippen LogP contribution in [0.1, 0.15) is 163 Å². The monoisotopic (exact) mass is 782 g/mol. The van der Waals surface area contributed by atoms with Gasteiger partial charge in [0.1, 0.15) is 11.5 Å². The van der Waals surface area contributed by atoms with Crippen LogP contribution in [0.3, 0.4) is 0 Å². The number of phenolic OH excluding ortho intramolecular Hbond substituents is 2. The Kier molecular flexibility index (Phi) is 20.6. The van der Waals surface area contributed by atoms with E-state index in [4.69, 9.17) is 39.7 Å². The molecule has 1 aliphatic rings. The van der Waals surface area contributed by atoms with Crippen molar-refractivity contribution in [3.63, 3.8) is 0 Å². The van der Waals surface area contributed by atoms with Crippen LogP contribution in [0.5, 0.6) is 11.5 Å². The molecule has 0 heterocycles. The van der Waals surface area contributed by atoms with Crippen molar-refractivity contribution in [2.75, 3.05) is 0 Å². The van der Waals surface area contributed by atoms with Crippen molar-refractivity contribution in [2.45, 2.75) is 163 Å². The summed E-state index contributed by atoms with van der Waals surface area (Å²) < 4.78 is 0. The van der Waals surface area contributed by atoms with E-state index < -0.39 is 17.9 Å². The van der Waals surface area contributed by atoms with Gasteiger partial charge in [0.2, 0.25) is 0 Å². The largest absolute Gasteiger partial charge is 3.00 e. The molecule has 0 aromatic heterocycles. The minimum absolute atomic E-state index is 0. The molecule has 2 aromatic carbocycles. The van der Waals surface area contributed by atoms with Crippen LogP contribution in [0.2, 0.25) is 0 Å². The van der Waals surface area contributed by atoms with E-state index in [0.717, 1.165) is 68.7 Å². The quantitative estimate of drug-likeness (QED) is 0.386. The molecule has 0 saturated heterocycles. The molecule has 1 fully saturated rings. The van der Waals surface area contributed by atoms with Crippen molar-refractivity contribution in [1.82, 2.24) is 0 Å². The number of hydrogen-bond acceptors (Lipinski definition) is 10. The van der Waals surface area contributed by atoms with Crippen LogP contribution >= 0.6 is 0 Å². The predicted octanol–water partition coefficient (Wildman–Crippen LogP) is 5.40. The zero-order valence-corrected chi connectivity index (χ0v) is 35.6. The fourth-order valence-electron chi connectivity index (χ4n) is 5.31. The second-order valence-corrected chi connectivity index (χ2v) is 17.4. The van der Waals surface area contributed by atoms with Gasteiger partial charge in [-0.3, -0.25) is 9.98 Å². The van der Waals surface area contributed by atoms with E-state index in [2.05, 4.69) is 107 Å². The standard InChI is InChI=1S/C36H54N2O2.3C2H4O2.Co/c1-33(2,3)25-17-23(31(39)27(19-25)35(7,8)9)21-37-29-15-13-14-16-30(29)38-22-24-18-26(34(4,5)6)20-28(32(24)40)36(10,11)12;3*1-2(3)4;/h17-22,29-30,39-40H,13-16H2,1-12H3;3*1H3,(H,3,4);/q;;;;+3/p-3/t29-,30-;;;;/m0..../s1. The molecule has 298 valence electrons. The number of carboxylic acid groups (broad SMARTS) is 3. The fraction of sp³-hybridized carbons (Fsp3) is 0.595.